The molecule has 0 aliphatic carbocycles. The van der Waals surface area contributed by atoms with Crippen molar-refractivity contribution in [3.63, 3.8) is 0 Å². The summed E-state index contributed by atoms with van der Waals surface area (Å²) in [5.41, 5.74) is 5.65. The quantitative estimate of drug-likeness (QED) is 0.0364. The summed E-state index contributed by atoms with van der Waals surface area (Å²) in [7, 11) is 2.66. The van der Waals surface area contributed by atoms with E-state index in [-0.39, 0.29) is 25.7 Å². The van der Waals surface area contributed by atoms with Crippen LogP contribution in [0.2, 0.25) is 0 Å². The van der Waals surface area contributed by atoms with Gasteiger partial charge in [-0.15, -0.1) is 0 Å². The minimum atomic E-state index is -1.77. The number of carboxylic acids is 4. The number of nitrogens with one attached hydrogen (secondary N) is 7. The third-order valence-corrected chi connectivity index (χ3v) is 8.04. The molecule has 0 bridgehead atoms. The maximum Gasteiger partial charge on any atom is 0.328 e. The molecule has 54 heavy (non-hydrogen) atoms. The van der Waals surface area contributed by atoms with E-state index in [4.69, 9.17) is 15.9 Å². The first kappa shape index (κ1) is 46.3. The van der Waals surface area contributed by atoms with E-state index >= 15 is 0 Å². The van der Waals surface area contributed by atoms with Crippen molar-refractivity contribution >= 4 is 65.2 Å². The van der Waals surface area contributed by atoms with E-state index in [0.29, 0.717) is 4.90 Å². The van der Waals surface area contributed by atoms with Crippen LogP contribution in [0.15, 0.2) is 0 Å². The van der Waals surface area contributed by atoms with Gasteiger partial charge in [-0.2, -0.15) is 0 Å². The van der Waals surface area contributed by atoms with Gasteiger partial charge < -0.3 is 63.4 Å². The molecule has 0 spiro atoms. The SMILES string of the molecule is CN[C@@H](CCC(=O)O)C(=O)N[C@@H](CNC(=O)[C@H](CCC(=O)O)NC(=O)[C@H](CNC(=O)[C@H](CN)N1C(=O)CCC1=O)NC(=O)[C@H](CCC(=O)O)NC)C(=O)O. The number of nitrogens with zero attached hydrogens (tertiary/aromatic N) is 1. The van der Waals surface area contributed by atoms with Crippen LogP contribution in [0.25, 0.3) is 0 Å². The summed E-state index contributed by atoms with van der Waals surface area (Å²) >= 11 is 0. The van der Waals surface area contributed by atoms with Crippen LogP contribution in [0.5, 0.6) is 0 Å². The summed E-state index contributed by atoms with van der Waals surface area (Å²) in [5, 5.41) is 53.1. The van der Waals surface area contributed by atoms with E-state index in [0.717, 1.165) is 0 Å². The second kappa shape index (κ2) is 23.0. The van der Waals surface area contributed by atoms with E-state index < -0.39 is 147 Å². The Kier molecular flexibility index (Phi) is 19.7. The van der Waals surface area contributed by atoms with Gasteiger partial charge >= 0.3 is 23.9 Å². The van der Waals surface area contributed by atoms with Crippen molar-refractivity contribution in [2.45, 2.75) is 87.6 Å². The number of carbonyl (C=O) groups excluding carboxylic acids is 7. The molecule has 1 rings (SSSR count). The highest BCUT2D eigenvalue weighted by molar-refractivity contribution is 6.06. The smallest absolute Gasteiger partial charge is 0.328 e. The second-order valence-electron chi connectivity index (χ2n) is 11.9. The standard InChI is InChI=1S/C30H47N9O15/c1-32-14(3-8-22(42)43)26(49)37-17(12-35-29(52)19(11-31)39-20(40)6-7-21(39)41)28(51)36-16(5-10-24(46)47)25(48)34-13-18(30(53)54)38-27(50)15(33-2)4-9-23(44)45/h14-19,32-33H,3-13,31H2,1-2H3,(H,34,48)(H,35,52)(H,36,51)(H,37,49)(H,38,50)(H,42,43)(H,44,45)(H,46,47)(H,53,54)/t14-,15-,16-,17-,18-,19-/m0/s1. The first-order chi connectivity index (χ1) is 25.4. The van der Waals surface area contributed by atoms with Crippen LogP contribution in [0.3, 0.4) is 0 Å². The van der Waals surface area contributed by atoms with Gasteiger partial charge in [-0.1, -0.05) is 0 Å². The number of hydrogen-bond acceptors (Lipinski definition) is 14. The van der Waals surface area contributed by atoms with E-state index in [1.165, 1.54) is 14.1 Å². The number of amides is 7. The predicted octanol–water partition coefficient (Wildman–Crippen LogP) is -6.00. The molecule has 7 amide bonds. The summed E-state index contributed by atoms with van der Waals surface area (Å²) in [6.45, 7) is -2.03. The van der Waals surface area contributed by atoms with Crippen molar-refractivity contribution in [3.05, 3.63) is 0 Å². The van der Waals surface area contributed by atoms with Crippen molar-refractivity contribution in [3.8, 4) is 0 Å². The minimum absolute atomic E-state index is 0.159. The molecule has 13 N–H and O–H groups in total. The summed E-state index contributed by atoms with van der Waals surface area (Å²) in [6, 6.07) is -9.00. The number of rotatable bonds is 26. The maximum atomic E-state index is 13.6. The number of likely N-dealkylation sites (tertiary alicyclic amines) is 1. The number of likely N-dealkylation sites (N-methyl/N-ethyl adjacent to an activating group) is 2. The van der Waals surface area contributed by atoms with Crippen LogP contribution in [-0.4, -0.2) is 161 Å². The lowest BCUT2D eigenvalue weighted by Crippen LogP contribution is -2.61. The Morgan fingerprint density at radius 3 is 1.35 bits per heavy atom. The Bertz CT molecular complexity index is 1430. The Labute approximate surface area is 307 Å². The Balaban J connectivity index is 3.26. The van der Waals surface area contributed by atoms with Gasteiger partial charge in [0.15, 0.2) is 0 Å². The molecule has 24 heteroatoms. The molecule has 0 radical (unpaired) electrons. The van der Waals surface area contributed by atoms with Gasteiger partial charge in [-0.25, -0.2) is 4.79 Å². The minimum Gasteiger partial charge on any atom is -0.481 e. The van der Waals surface area contributed by atoms with Crippen LogP contribution in [0.4, 0.5) is 0 Å². The molecule has 6 atom stereocenters. The monoisotopic (exact) mass is 773 g/mol. The molecule has 0 aromatic rings. The van der Waals surface area contributed by atoms with Crippen molar-refractivity contribution in [1.82, 2.24) is 42.1 Å². The van der Waals surface area contributed by atoms with E-state index in [1.807, 2.05) is 0 Å². The van der Waals surface area contributed by atoms with E-state index in [2.05, 4.69) is 37.2 Å². The predicted molar refractivity (Wildman–Crippen MR) is 180 cm³/mol. The third-order valence-electron chi connectivity index (χ3n) is 8.04. The van der Waals surface area contributed by atoms with Gasteiger partial charge in [-0.3, -0.25) is 52.8 Å². The lowest BCUT2D eigenvalue weighted by atomic mass is 10.1. The molecule has 0 saturated carbocycles. The van der Waals surface area contributed by atoms with Crippen LogP contribution in [-0.2, 0) is 52.7 Å². The highest BCUT2D eigenvalue weighted by Gasteiger charge is 2.39. The van der Waals surface area contributed by atoms with Gasteiger partial charge in [0, 0.05) is 51.7 Å². The lowest BCUT2D eigenvalue weighted by molar-refractivity contribution is -0.146. The first-order valence-electron chi connectivity index (χ1n) is 16.6. The average molecular weight is 774 g/mol. The van der Waals surface area contributed by atoms with E-state index in [1.54, 1.807) is 0 Å². The normalized spacial score (nSPS) is 15.8. The molecule has 24 nitrogen and oxygen atoms in total. The summed E-state index contributed by atoms with van der Waals surface area (Å²) in [4.78, 5) is 136. The molecular formula is C30H47N9O15. The summed E-state index contributed by atoms with van der Waals surface area (Å²) < 4.78 is 0. The van der Waals surface area contributed by atoms with Crippen LogP contribution < -0.4 is 43.0 Å². The number of hydrogen-bond donors (Lipinski definition) is 12. The Hall–Kier alpha value is -5.75. The van der Waals surface area contributed by atoms with E-state index in [9.17, 15) is 63.0 Å². The maximum absolute atomic E-state index is 13.6. The topological polar surface area (TPSA) is 382 Å². The number of aliphatic carboxylic acids is 4. The highest BCUT2D eigenvalue weighted by atomic mass is 16.4. The van der Waals surface area contributed by atoms with Crippen LogP contribution >= 0.6 is 0 Å². The van der Waals surface area contributed by atoms with Gasteiger partial charge in [0.05, 0.1) is 12.1 Å². The van der Waals surface area contributed by atoms with Crippen LogP contribution in [0.1, 0.15) is 51.4 Å². The zero-order valence-corrected chi connectivity index (χ0v) is 29.5. The Morgan fingerprint density at radius 1 is 0.574 bits per heavy atom. The largest absolute Gasteiger partial charge is 0.481 e. The summed E-state index contributed by atoms with van der Waals surface area (Å²) in [6.07, 6.45) is -2.93. The van der Waals surface area contributed by atoms with Crippen molar-refractivity contribution < 1.29 is 73.2 Å². The molecule has 0 aromatic heterocycles. The molecule has 1 aliphatic rings. The molecule has 1 aliphatic heterocycles. The highest BCUT2D eigenvalue weighted by Crippen LogP contribution is 2.15. The lowest BCUT2D eigenvalue weighted by Gasteiger charge is -2.27. The fourth-order valence-corrected chi connectivity index (χ4v) is 5.03. The fraction of sp³-hybridized carbons (Fsp3) is 0.633. The molecule has 1 saturated heterocycles. The van der Waals surface area contributed by atoms with Gasteiger partial charge in [0.2, 0.25) is 41.4 Å². The van der Waals surface area contributed by atoms with Crippen molar-refractivity contribution in [2.75, 3.05) is 33.7 Å². The Morgan fingerprint density at radius 2 is 0.944 bits per heavy atom. The molecule has 1 heterocycles. The molecule has 302 valence electrons. The molecule has 0 unspecified atom stereocenters. The zero-order chi connectivity index (χ0) is 41.1. The first-order valence-corrected chi connectivity index (χ1v) is 16.6. The van der Waals surface area contributed by atoms with Gasteiger partial charge in [-0.05, 0) is 33.4 Å². The number of carboxylic acid groups (broad SMARTS) is 4. The van der Waals surface area contributed by atoms with Gasteiger partial charge in [0.25, 0.3) is 0 Å². The van der Waals surface area contributed by atoms with Gasteiger partial charge in [0.1, 0.15) is 24.2 Å². The fourth-order valence-electron chi connectivity index (χ4n) is 5.03. The zero-order valence-electron chi connectivity index (χ0n) is 29.5. The summed E-state index contributed by atoms with van der Waals surface area (Å²) in [5.74, 6) is -11.9. The third kappa shape index (κ3) is 15.5. The average Bonchev–Trinajstić information content (AvgIpc) is 3.43. The molecular weight excluding hydrogens is 726 g/mol. The molecule has 0 aromatic carbocycles. The van der Waals surface area contributed by atoms with Crippen LogP contribution in [0, 0.1) is 0 Å². The van der Waals surface area contributed by atoms with Crippen molar-refractivity contribution in [2.24, 2.45) is 5.73 Å². The number of nitrogens with two attached hydrogens (primary N) is 1. The number of carbonyl (C=O) groups is 11. The second-order valence-corrected chi connectivity index (χ2v) is 11.9. The van der Waals surface area contributed by atoms with Crippen molar-refractivity contribution in [1.29, 1.82) is 0 Å². The molecule has 1 fully saturated rings. The number of imide groups is 1.